The molecule has 0 aliphatic carbocycles. The molecule has 0 bridgehead atoms. The first-order valence-corrected chi connectivity index (χ1v) is 11.1. The molecule has 3 aromatic carbocycles. The number of hydrogen-bond acceptors (Lipinski definition) is 11. The minimum absolute atomic E-state index is 0.0365. The zero-order valence-corrected chi connectivity index (χ0v) is 20.3. The van der Waals surface area contributed by atoms with Gasteiger partial charge in [0, 0.05) is 33.5 Å². The van der Waals surface area contributed by atoms with E-state index in [1.54, 1.807) is 55.6 Å². The SMILES string of the molecule is COc1ccc(Nc2nc(NN=Cc3cc(Br)ccc3O)nc(Nc3ccc([N+](=O)[O-])cc3)n2)cc1. The van der Waals surface area contributed by atoms with E-state index in [1.165, 1.54) is 24.4 Å². The van der Waals surface area contributed by atoms with Crippen LogP contribution in [0.3, 0.4) is 0 Å². The van der Waals surface area contributed by atoms with Crippen molar-refractivity contribution < 1.29 is 14.8 Å². The van der Waals surface area contributed by atoms with Crippen molar-refractivity contribution >= 4 is 57.1 Å². The minimum Gasteiger partial charge on any atom is -0.507 e. The van der Waals surface area contributed by atoms with Crippen LogP contribution in [-0.2, 0) is 0 Å². The van der Waals surface area contributed by atoms with Crippen LogP contribution in [-0.4, -0.2) is 38.3 Å². The second-order valence-corrected chi connectivity index (χ2v) is 8.08. The van der Waals surface area contributed by atoms with Gasteiger partial charge in [-0.1, -0.05) is 15.9 Å². The standard InChI is InChI=1S/C23H19BrN8O4/c1-36-19-9-5-17(6-10-19)27-22-28-21(26-16-3-7-18(8-4-16)32(34)35)29-23(30-22)31-25-13-14-12-15(24)2-11-20(14)33/h2-13,33H,1H3,(H3,26,27,28,29,30,31). The number of anilines is 5. The molecule has 4 rings (SSSR count). The molecule has 0 saturated carbocycles. The molecule has 0 spiro atoms. The van der Waals surface area contributed by atoms with E-state index in [4.69, 9.17) is 4.74 Å². The lowest BCUT2D eigenvalue weighted by Gasteiger charge is -2.10. The van der Waals surface area contributed by atoms with E-state index in [0.29, 0.717) is 22.7 Å². The predicted molar refractivity (Wildman–Crippen MR) is 140 cm³/mol. The lowest BCUT2D eigenvalue weighted by atomic mass is 10.2. The van der Waals surface area contributed by atoms with E-state index in [0.717, 1.165) is 4.47 Å². The third kappa shape index (κ3) is 6.42. The Labute approximate surface area is 213 Å². The molecule has 13 heteroatoms. The van der Waals surface area contributed by atoms with Crippen molar-refractivity contribution in [2.45, 2.75) is 0 Å². The predicted octanol–water partition coefficient (Wildman–Crippen LogP) is 5.19. The van der Waals surface area contributed by atoms with Gasteiger partial charge in [0.25, 0.3) is 5.69 Å². The fourth-order valence-electron chi connectivity index (χ4n) is 2.93. The zero-order chi connectivity index (χ0) is 25.5. The number of nitro benzene ring substituents is 1. The molecule has 0 amide bonds. The van der Waals surface area contributed by atoms with E-state index in [1.807, 2.05) is 0 Å². The Morgan fingerprint density at radius 2 is 1.53 bits per heavy atom. The van der Waals surface area contributed by atoms with Crippen LogP contribution in [0.5, 0.6) is 11.5 Å². The van der Waals surface area contributed by atoms with Crippen LogP contribution in [0.15, 0.2) is 76.3 Å². The number of methoxy groups -OCH3 is 1. The molecule has 12 nitrogen and oxygen atoms in total. The first kappa shape index (κ1) is 24.3. The summed E-state index contributed by atoms with van der Waals surface area (Å²) >= 11 is 3.35. The van der Waals surface area contributed by atoms with Gasteiger partial charge >= 0.3 is 0 Å². The Kier molecular flexibility index (Phi) is 7.51. The molecular formula is C23H19BrN8O4. The van der Waals surface area contributed by atoms with Crippen LogP contribution < -0.4 is 20.8 Å². The number of hydrazone groups is 1. The number of ether oxygens (including phenoxy) is 1. The van der Waals surface area contributed by atoms with E-state index < -0.39 is 4.92 Å². The fraction of sp³-hybridized carbons (Fsp3) is 0.0435. The summed E-state index contributed by atoms with van der Waals surface area (Å²) in [5.74, 6) is 1.24. The Balaban J connectivity index is 1.59. The first-order valence-electron chi connectivity index (χ1n) is 10.4. The van der Waals surface area contributed by atoms with Gasteiger partial charge in [0.1, 0.15) is 11.5 Å². The number of aromatic nitrogens is 3. The van der Waals surface area contributed by atoms with Gasteiger partial charge in [0.15, 0.2) is 0 Å². The third-order valence-corrected chi connectivity index (χ3v) is 5.17. The average molecular weight is 551 g/mol. The lowest BCUT2D eigenvalue weighted by Crippen LogP contribution is -2.07. The van der Waals surface area contributed by atoms with Gasteiger partial charge in [-0.3, -0.25) is 10.1 Å². The molecule has 0 saturated heterocycles. The van der Waals surface area contributed by atoms with Gasteiger partial charge in [0.05, 0.1) is 18.2 Å². The number of aromatic hydroxyl groups is 1. The van der Waals surface area contributed by atoms with Gasteiger partial charge in [0.2, 0.25) is 17.8 Å². The number of rotatable bonds is 9. The van der Waals surface area contributed by atoms with Crippen molar-refractivity contribution in [2.75, 3.05) is 23.2 Å². The highest BCUT2D eigenvalue weighted by molar-refractivity contribution is 9.10. The molecule has 0 atom stereocenters. The van der Waals surface area contributed by atoms with Gasteiger partial charge in [-0.2, -0.15) is 20.1 Å². The number of benzene rings is 3. The van der Waals surface area contributed by atoms with Crippen molar-refractivity contribution in [1.29, 1.82) is 0 Å². The number of nitrogens with zero attached hydrogens (tertiary/aromatic N) is 5. The summed E-state index contributed by atoms with van der Waals surface area (Å²) < 4.78 is 5.96. The molecule has 4 N–H and O–H groups in total. The maximum atomic E-state index is 10.9. The van der Waals surface area contributed by atoms with Gasteiger partial charge in [-0.25, -0.2) is 5.43 Å². The average Bonchev–Trinajstić information content (AvgIpc) is 2.87. The number of phenolic OH excluding ortho intramolecular Hbond substituents is 1. The fourth-order valence-corrected chi connectivity index (χ4v) is 3.30. The highest BCUT2D eigenvalue weighted by atomic mass is 79.9. The summed E-state index contributed by atoms with van der Waals surface area (Å²) in [6, 6.07) is 17.9. The number of phenols is 1. The Hall–Kier alpha value is -4.78. The molecule has 0 radical (unpaired) electrons. The topological polar surface area (TPSA) is 160 Å². The van der Waals surface area contributed by atoms with Crippen molar-refractivity contribution in [3.8, 4) is 11.5 Å². The molecule has 4 aromatic rings. The van der Waals surface area contributed by atoms with E-state index in [2.05, 4.69) is 52.0 Å². The maximum Gasteiger partial charge on any atom is 0.269 e. The normalized spacial score (nSPS) is 10.7. The van der Waals surface area contributed by atoms with Crippen molar-refractivity contribution in [3.63, 3.8) is 0 Å². The van der Waals surface area contributed by atoms with Gasteiger partial charge in [-0.15, -0.1) is 0 Å². The molecule has 0 aliphatic heterocycles. The monoisotopic (exact) mass is 550 g/mol. The van der Waals surface area contributed by atoms with Crippen LogP contribution in [0.25, 0.3) is 0 Å². The molecule has 0 fully saturated rings. The summed E-state index contributed by atoms with van der Waals surface area (Å²) in [6.45, 7) is 0. The quantitative estimate of drug-likeness (QED) is 0.124. The molecule has 1 aromatic heterocycles. The van der Waals surface area contributed by atoms with Crippen LogP contribution in [0.4, 0.5) is 34.9 Å². The summed E-state index contributed by atoms with van der Waals surface area (Å²) in [6.07, 6.45) is 1.42. The molecule has 36 heavy (non-hydrogen) atoms. The molecule has 0 aliphatic rings. The van der Waals surface area contributed by atoms with Crippen molar-refractivity contribution in [2.24, 2.45) is 5.10 Å². The molecular weight excluding hydrogens is 532 g/mol. The number of halogens is 1. The molecule has 0 unspecified atom stereocenters. The second kappa shape index (κ2) is 11.1. The van der Waals surface area contributed by atoms with Gasteiger partial charge < -0.3 is 20.5 Å². The molecule has 1 heterocycles. The number of nitrogens with one attached hydrogen (secondary N) is 3. The van der Waals surface area contributed by atoms with Crippen molar-refractivity contribution in [3.05, 3.63) is 86.9 Å². The third-order valence-electron chi connectivity index (χ3n) is 4.67. The highest BCUT2D eigenvalue weighted by Crippen LogP contribution is 2.23. The van der Waals surface area contributed by atoms with Crippen molar-refractivity contribution in [1.82, 2.24) is 15.0 Å². The largest absolute Gasteiger partial charge is 0.507 e. The zero-order valence-electron chi connectivity index (χ0n) is 18.7. The Morgan fingerprint density at radius 1 is 0.944 bits per heavy atom. The first-order chi connectivity index (χ1) is 17.4. The Morgan fingerprint density at radius 3 is 2.11 bits per heavy atom. The summed E-state index contributed by atoms with van der Waals surface area (Å²) in [4.78, 5) is 23.4. The summed E-state index contributed by atoms with van der Waals surface area (Å²) in [5, 5.41) is 31.1. The van der Waals surface area contributed by atoms with Crippen LogP contribution in [0.1, 0.15) is 5.56 Å². The molecule has 182 valence electrons. The number of nitro groups is 1. The summed E-state index contributed by atoms with van der Waals surface area (Å²) in [5.41, 5.74) is 4.41. The number of non-ortho nitro benzene ring substituents is 1. The smallest absolute Gasteiger partial charge is 0.269 e. The maximum absolute atomic E-state index is 10.9. The Bertz CT molecular complexity index is 1400. The van der Waals surface area contributed by atoms with Gasteiger partial charge in [-0.05, 0) is 54.6 Å². The highest BCUT2D eigenvalue weighted by Gasteiger charge is 2.10. The summed E-state index contributed by atoms with van der Waals surface area (Å²) in [7, 11) is 1.58. The van der Waals surface area contributed by atoms with Crippen LogP contribution in [0, 0.1) is 10.1 Å². The van der Waals surface area contributed by atoms with E-state index in [9.17, 15) is 15.2 Å². The minimum atomic E-state index is -0.479. The lowest BCUT2D eigenvalue weighted by molar-refractivity contribution is -0.384. The second-order valence-electron chi connectivity index (χ2n) is 7.16. The van der Waals surface area contributed by atoms with Crippen LogP contribution in [0.2, 0.25) is 0 Å². The van der Waals surface area contributed by atoms with Crippen LogP contribution >= 0.6 is 15.9 Å². The van der Waals surface area contributed by atoms with E-state index in [-0.39, 0.29) is 29.3 Å². The number of hydrogen-bond donors (Lipinski definition) is 4. The van der Waals surface area contributed by atoms with E-state index >= 15 is 0 Å².